The summed E-state index contributed by atoms with van der Waals surface area (Å²) in [6, 6.07) is 76.3. The fourth-order valence-corrected chi connectivity index (χ4v) is 8.47. The molecule has 1 atom stereocenters. The number of nitrogens with zero attached hydrogens (tertiary/aromatic N) is 1. The summed E-state index contributed by atoms with van der Waals surface area (Å²) < 4.78 is 0. The Kier molecular flexibility index (Phi) is 7.68. The minimum absolute atomic E-state index is 0.694. The molecule has 0 spiro atoms. The molecular weight excluding hydrogens is 651 g/mol. The summed E-state index contributed by atoms with van der Waals surface area (Å²) >= 11 is 0. The summed E-state index contributed by atoms with van der Waals surface area (Å²) in [4.78, 5) is 2.40. The minimum Gasteiger partial charge on any atom is -0.310 e. The predicted octanol–water partition coefficient (Wildman–Crippen LogP) is 13.5. The molecule has 0 aliphatic heterocycles. The molecule has 0 radical (unpaired) electrons. The van der Waals surface area contributed by atoms with Crippen molar-refractivity contribution in [2.24, 2.45) is 0 Å². The van der Waals surface area contributed by atoms with Crippen LogP contribution in [0.2, 0.25) is 0 Å². The van der Waals surface area contributed by atoms with Gasteiger partial charge in [0, 0.05) is 22.5 Å². The summed E-state index contributed by atoms with van der Waals surface area (Å²) in [6.07, 6.45) is 0. The van der Waals surface area contributed by atoms with Gasteiger partial charge in [0.15, 0.2) is 0 Å². The van der Waals surface area contributed by atoms with E-state index in [1.807, 2.05) is 0 Å². The zero-order chi connectivity index (χ0) is 35.9. The lowest BCUT2D eigenvalue weighted by Crippen LogP contribution is -2.25. The Morgan fingerprint density at radius 3 is 1.74 bits per heavy atom. The Morgan fingerprint density at radius 1 is 0.389 bits per heavy atom. The first-order chi connectivity index (χ1) is 26.8. The quantitative estimate of drug-likeness (QED) is 0.163. The first kappa shape index (κ1) is 31.6. The highest BCUT2D eigenvalue weighted by Gasteiger charge is 2.45. The van der Waals surface area contributed by atoms with E-state index in [2.05, 4.69) is 229 Å². The first-order valence-corrected chi connectivity index (χ1v) is 18.5. The van der Waals surface area contributed by atoms with Gasteiger partial charge in [0.25, 0.3) is 0 Å². The smallest absolute Gasteiger partial charge is 0.108 e. The molecule has 0 saturated carbocycles. The summed E-state index contributed by atoms with van der Waals surface area (Å²) in [5.74, 6) is 7.68. The molecule has 0 N–H and O–H groups in total. The van der Waals surface area contributed by atoms with Crippen LogP contribution >= 0.6 is 0 Å². The lowest BCUT2D eigenvalue weighted by molar-refractivity contribution is 0.837. The Hall–Kier alpha value is -7.14. The SMILES string of the molecule is C(#CC1(c2ccccc2)c2ccccc2-c2c(N(c3ccccc3)c3ccc(-c4cccc5ccccc45)cc3)cccc21)c1cccc2ccccc12. The molecule has 1 aliphatic carbocycles. The van der Waals surface area contributed by atoms with Crippen LogP contribution in [0.3, 0.4) is 0 Å². The monoisotopic (exact) mass is 685 g/mol. The fourth-order valence-electron chi connectivity index (χ4n) is 8.47. The second-order valence-corrected chi connectivity index (χ2v) is 13.9. The predicted molar refractivity (Wildman–Crippen MR) is 227 cm³/mol. The number of anilines is 3. The van der Waals surface area contributed by atoms with Crippen molar-refractivity contribution in [3.8, 4) is 34.1 Å². The standard InChI is InChI=1S/C53H35N/c1-3-21-42(22-4-1)53(37-36-40-19-13-18-38-16-7-9-25-45(38)40)49-29-12-11-27-48(49)52-50(53)30-15-31-51(52)54(43-23-5-2-6-24-43)44-34-32-41(33-35-44)47-28-14-20-39-17-8-10-26-46(39)47/h1-35H. The molecule has 1 heteroatoms. The van der Waals surface area contributed by atoms with Gasteiger partial charge in [-0.25, -0.2) is 0 Å². The Balaban J connectivity index is 1.20. The van der Waals surface area contributed by atoms with Gasteiger partial charge in [-0.05, 0) is 91.3 Å². The molecule has 0 saturated heterocycles. The molecule has 10 rings (SSSR count). The van der Waals surface area contributed by atoms with E-state index in [1.54, 1.807) is 0 Å². The van der Waals surface area contributed by atoms with Gasteiger partial charge in [-0.3, -0.25) is 0 Å². The third-order valence-electron chi connectivity index (χ3n) is 10.9. The maximum atomic E-state index is 3.95. The van der Waals surface area contributed by atoms with Crippen molar-refractivity contribution in [3.05, 3.63) is 235 Å². The lowest BCUT2D eigenvalue weighted by atomic mass is 9.73. The molecule has 0 bridgehead atoms. The molecule has 54 heavy (non-hydrogen) atoms. The van der Waals surface area contributed by atoms with Gasteiger partial charge >= 0.3 is 0 Å². The normalized spacial score (nSPS) is 14.2. The molecule has 1 unspecified atom stereocenters. The van der Waals surface area contributed by atoms with Gasteiger partial charge in [0.05, 0.1) is 5.69 Å². The Labute approximate surface area is 316 Å². The average molecular weight is 686 g/mol. The van der Waals surface area contributed by atoms with Crippen molar-refractivity contribution < 1.29 is 0 Å². The largest absolute Gasteiger partial charge is 0.310 e. The number of rotatable bonds is 5. The fraction of sp³-hybridized carbons (Fsp3) is 0.0189. The van der Waals surface area contributed by atoms with Crippen molar-refractivity contribution in [2.75, 3.05) is 4.90 Å². The molecule has 9 aromatic rings. The van der Waals surface area contributed by atoms with E-state index in [0.29, 0.717) is 0 Å². The third-order valence-corrected chi connectivity index (χ3v) is 10.9. The summed E-state index contributed by atoms with van der Waals surface area (Å²) in [5.41, 5.74) is 12.0. The van der Waals surface area contributed by atoms with Gasteiger partial charge < -0.3 is 4.90 Å². The zero-order valence-electron chi connectivity index (χ0n) is 29.7. The molecule has 1 aliphatic rings. The van der Waals surface area contributed by atoms with E-state index in [4.69, 9.17) is 0 Å². The van der Waals surface area contributed by atoms with Crippen molar-refractivity contribution in [3.63, 3.8) is 0 Å². The molecule has 0 aromatic heterocycles. The maximum Gasteiger partial charge on any atom is 0.108 e. The molecule has 252 valence electrons. The summed E-state index contributed by atoms with van der Waals surface area (Å²) in [7, 11) is 0. The van der Waals surface area contributed by atoms with Crippen molar-refractivity contribution in [1.29, 1.82) is 0 Å². The molecular formula is C53H35N. The van der Waals surface area contributed by atoms with Crippen LogP contribution in [0.15, 0.2) is 212 Å². The van der Waals surface area contributed by atoms with Gasteiger partial charge in [-0.2, -0.15) is 0 Å². The second kappa shape index (κ2) is 13.1. The summed E-state index contributed by atoms with van der Waals surface area (Å²) in [6.45, 7) is 0. The number of hydrogen-bond acceptors (Lipinski definition) is 1. The van der Waals surface area contributed by atoms with Gasteiger partial charge in [-0.1, -0.05) is 188 Å². The zero-order valence-corrected chi connectivity index (χ0v) is 29.7. The third kappa shape index (κ3) is 5.12. The van der Waals surface area contributed by atoms with Gasteiger partial charge in [0.1, 0.15) is 5.41 Å². The number of benzene rings is 9. The Morgan fingerprint density at radius 2 is 0.944 bits per heavy atom. The second-order valence-electron chi connectivity index (χ2n) is 13.9. The van der Waals surface area contributed by atoms with Gasteiger partial charge in [-0.15, -0.1) is 0 Å². The topological polar surface area (TPSA) is 3.24 Å². The van der Waals surface area contributed by atoms with Crippen LogP contribution in [-0.4, -0.2) is 0 Å². The lowest BCUT2D eigenvalue weighted by Gasteiger charge is -2.30. The van der Waals surface area contributed by atoms with E-state index < -0.39 is 5.41 Å². The number of para-hydroxylation sites is 1. The van der Waals surface area contributed by atoms with Crippen molar-refractivity contribution in [1.82, 2.24) is 0 Å². The van der Waals surface area contributed by atoms with E-state index in [-0.39, 0.29) is 0 Å². The van der Waals surface area contributed by atoms with Crippen molar-refractivity contribution >= 4 is 38.6 Å². The molecule has 9 aromatic carbocycles. The van der Waals surface area contributed by atoms with Gasteiger partial charge in [0.2, 0.25) is 0 Å². The number of fused-ring (bicyclic) bond motifs is 5. The van der Waals surface area contributed by atoms with Crippen LogP contribution in [0.5, 0.6) is 0 Å². The molecule has 0 amide bonds. The van der Waals surface area contributed by atoms with Crippen LogP contribution in [0.25, 0.3) is 43.8 Å². The van der Waals surface area contributed by atoms with Crippen LogP contribution in [0.1, 0.15) is 22.3 Å². The highest BCUT2D eigenvalue weighted by Crippen LogP contribution is 2.56. The molecule has 1 nitrogen and oxygen atoms in total. The van der Waals surface area contributed by atoms with Crippen LogP contribution in [-0.2, 0) is 5.41 Å². The van der Waals surface area contributed by atoms with E-state index in [1.165, 1.54) is 49.5 Å². The average Bonchev–Trinajstić information content (AvgIpc) is 3.54. The highest BCUT2D eigenvalue weighted by atomic mass is 15.1. The highest BCUT2D eigenvalue weighted by molar-refractivity contribution is 5.99. The summed E-state index contributed by atoms with van der Waals surface area (Å²) in [5, 5.41) is 4.86. The van der Waals surface area contributed by atoms with E-state index >= 15 is 0 Å². The first-order valence-electron chi connectivity index (χ1n) is 18.5. The van der Waals surface area contributed by atoms with Crippen LogP contribution in [0, 0.1) is 11.8 Å². The van der Waals surface area contributed by atoms with Crippen LogP contribution in [0.4, 0.5) is 17.1 Å². The molecule has 0 fully saturated rings. The van der Waals surface area contributed by atoms with E-state index in [0.717, 1.165) is 33.6 Å². The van der Waals surface area contributed by atoms with Crippen molar-refractivity contribution in [2.45, 2.75) is 5.41 Å². The molecule has 0 heterocycles. The maximum absolute atomic E-state index is 3.95. The van der Waals surface area contributed by atoms with E-state index in [9.17, 15) is 0 Å². The minimum atomic E-state index is -0.694. The number of hydrogen-bond donors (Lipinski definition) is 0. The van der Waals surface area contributed by atoms with Crippen LogP contribution < -0.4 is 4.90 Å². The Bertz CT molecular complexity index is 2870.